The summed E-state index contributed by atoms with van der Waals surface area (Å²) >= 11 is 0. The molecule has 0 radical (unpaired) electrons. The molecule has 1 aromatic carbocycles. The van der Waals surface area contributed by atoms with E-state index in [-0.39, 0.29) is 18.8 Å². The summed E-state index contributed by atoms with van der Waals surface area (Å²) in [6, 6.07) is 3.52. The first-order valence-corrected chi connectivity index (χ1v) is 7.66. The smallest absolute Gasteiger partial charge is 0.416 e. The van der Waals surface area contributed by atoms with Crippen molar-refractivity contribution in [3.05, 3.63) is 35.4 Å². The van der Waals surface area contributed by atoms with Gasteiger partial charge in [-0.1, -0.05) is 12.1 Å². The molecular weight excluding hydrogens is 339 g/mol. The van der Waals surface area contributed by atoms with E-state index in [1.54, 1.807) is 27.7 Å². The molecule has 1 aromatic rings. The van der Waals surface area contributed by atoms with E-state index in [0.717, 1.165) is 24.3 Å². The zero-order valence-electron chi connectivity index (χ0n) is 14.6. The highest BCUT2D eigenvalue weighted by Gasteiger charge is 2.30. The van der Waals surface area contributed by atoms with Crippen molar-refractivity contribution in [2.75, 3.05) is 13.2 Å². The number of ether oxygens (including phenoxy) is 2. The van der Waals surface area contributed by atoms with Crippen LogP contribution in [0.2, 0.25) is 0 Å². The van der Waals surface area contributed by atoms with E-state index in [1.807, 2.05) is 0 Å². The van der Waals surface area contributed by atoms with Crippen molar-refractivity contribution in [1.29, 1.82) is 0 Å². The van der Waals surface area contributed by atoms with Crippen molar-refractivity contribution in [1.82, 2.24) is 5.32 Å². The quantitative estimate of drug-likeness (QED) is 0.783. The van der Waals surface area contributed by atoms with Crippen LogP contribution in [-0.4, -0.2) is 36.7 Å². The summed E-state index contributed by atoms with van der Waals surface area (Å²) in [5.74, 6) is -0.446. The fourth-order valence-corrected chi connectivity index (χ4v) is 1.81. The summed E-state index contributed by atoms with van der Waals surface area (Å²) in [4.78, 5) is 23.4. The Morgan fingerprint density at radius 3 is 2.16 bits per heavy atom. The molecule has 0 saturated heterocycles. The van der Waals surface area contributed by atoms with E-state index in [9.17, 15) is 22.8 Å². The number of hydrogen-bond donors (Lipinski definition) is 1. The second kappa shape index (κ2) is 8.33. The standard InChI is InChI=1S/C17H22F3NO4/c1-11(21-15(23)25-16(2,3)4)9-24-10-14(22)12-5-7-13(8-6-12)17(18,19)20/h5-8,11H,9-10H2,1-4H3,(H,21,23). The van der Waals surface area contributed by atoms with Crippen LogP contribution in [-0.2, 0) is 15.7 Å². The van der Waals surface area contributed by atoms with Crippen molar-refractivity contribution in [2.24, 2.45) is 0 Å². The fourth-order valence-electron chi connectivity index (χ4n) is 1.81. The van der Waals surface area contributed by atoms with Gasteiger partial charge < -0.3 is 14.8 Å². The molecule has 0 heterocycles. The first-order valence-electron chi connectivity index (χ1n) is 7.66. The highest BCUT2D eigenvalue weighted by Crippen LogP contribution is 2.29. The number of ketones is 1. The Morgan fingerprint density at radius 2 is 1.68 bits per heavy atom. The minimum absolute atomic E-state index is 0.0611. The molecule has 1 atom stereocenters. The Labute approximate surface area is 144 Å². The van der Waals surface area contributed by atoms with Crippen LogP contribution in [0.3, 0.4) is 0 Å². The normalized spacial score (nSPS) is 13.2. The third kappa shape index (κ3) is 8.02. The number of carbonyl (C=O) groups is 2. The molecule has 0 aliphatic heterocycles. The van der Waals surface area contributed by atoms with Crippen molar-refractivity contribution >= 4 is 11.9 Å². The number of Topliss-reactive ketones (excluding diaryl/α,β-unsaturated/α-hetero) is 1. The number of carbonyl (C=O) groups excluding carboxylic acids is 2. The zero-order chi connectivity index (χ0) is 19.3. The molecule has 8 heteroatoms. The van der Waals surface area contributed by atoms with Gasteiger partial charge in [-0.15, -0.1) is 0 Å². The molecule has 0 fully saturated rings. The van der Waals surface area contributed by atoms with Gasteiger partial charge in [0.15, 0.2) is 5.78 Å². The van der Waals surface area contributed by atoms with E-state index in [0.29, 0.717) is 0 Å². The molecule has 0 aromatic heterocycles. The lowest BCUT2D eigenvalue weighted by molar-refractivity contribution is -0.137. The van der Waals surface area contributed by atoms with E-state index in [4.69, 9.17) is 9.47 Å². The van der Waals surface area contributed by atoms with Gasteiger partial charge in [-0.2, -0.15) is 13.2 Å². The van der Waals surface area contributed by atoms with Crippen LogP contribution in [0, 0.1) is 0 Å². The van der Waals surface area contributed by atoms with Crippen molar-refractivity contribution < 1.29 is 32.2 Å². The third-order valence-electron chi connectivity index (χ3n) is 2.90. The van der Waals surface area contributed by atoms with Gasteiger partial charge in [0, 0.05) is 5.56 Å². The number of alkyl halides is 3. The van der Waals surface area contributed by atoms with Crippen molar-refractivity contribution in [3.8, 4) is 0 Å². The van der Waals surface area contributed by atoms with Crippen LogP contribution >= 0.6 is 0 Å². The van der Waals surface area contributed by atoms with Gasteiger partial charge in [0.05, 0.1) is 18.2 Å². The van der Waals surface area contributed by atoms with Gasteiger partial charge in [0.25, 0.3) is 0 Å². The van der Waals surface area contributed by atoms with Crippen LogP contribution < -0.4 is 5.32 Å². The first kappa shape index (κ1) is 21.0. The molecule has 1 rings (SSSR count). The first-order chi connectivity index (χ1) is 11.4. The number of rotatable bonds is 6. The van der Waals surface area contributed by atoms with Crippen LogP contribution in [0.15, 0.2) is 24.3 Å². The minimum atomic E-state index is -4.44. The van der Waals surface area contributed by atoms with Crippen LogP contribution in [0.25, 0.3) is 0 Å². The number of amides is 1. The lowest BCUT2D eigenvalue weighted by atomic mass is 10.1. The molecule has 5 nitrogen and oxygen atoms in total. The number of halogens is 3. The van der Waals surface area contributed by atoms with E-state index >= 15 is 0 Å². The number of benzene rings is 1. The summed E-state index contributed by atoms with van der Waals surface area (Å²) in [5, 5.41) is 2.55. The SMILES string of the molecule is CC(COCC(=O)c1ccc(C(F)(F)F)cc1)NC(=O)OC(C)(C)C. The topological polar surface area (TPSA) is 64.6 Å². The summed E-state index contributed by atoms with van der Waals surface area (Å²) in [5.41, 5.74) is -1.32. The maximum Gasteiger partial charge on any atom is 0.416 e. The van der Waals surface area contributed by atoms with Gasteiger partial charge in [-0.05, 0) is 39.8 Å². The molecule has 0 saturated carbocycles. The summed E-state index contributed by atoms with van der Waals surface area (Å²) in [7, 11) is 0. The Morgan fingerprint density at radius 1 is 1.12 bits per heavy atom. The predicted octanol–water partition coefficient (Wildman–Crippen LogP) is 3.82. The molecule has 0 aliphatic carbocycles. The van der Waals surface area contributed by atoms with Gasteiger partial charge in [-0.25, -0.2) is 4.79 Å². The average Bonchev–Trinajstić information content (AvgIpc) is 2.44. The molecule has 1 amide bonds. The van der Waals surface area contributed by atoms with Crippen LogP contribution in [0.4, 0.5) is 18.0 Å². The van der Waals surface area contributed by atoms with Crippen LogP contribution in [0.1, 0.15) is 43.6 Å². The lowest BCUT2D eigenvalue weighted by Crippen LogP contribution is -2.40. The molecule has 140 valence electrons. The van der Waals surface area contributed by atoms with Gasteiger partial charge in [0.1, 0.15) is 12.2 Å². The van der Waals surface area contributed by atoms with Crippen molar-refractivity contribution in [2.45, 2.75) is 45.5 Å². The molecule has 1 unspecified atom stereocenters. The highest BCUT2D eigenvalue weighted by molar-refractivity contribution is 5.97. The monoisotopic (exact) mass is 361 g/mol. The number of alkyl carbamates (subject to hydrolysis) is 1. The van der Waals surface area contributed by atoms with Gasteiger partial charge in [0.2, 0.25) is 0 Å². The minimum Gasteiger partial charge on any atom is -0.444 e. The van der Waals surface area contributed by atoms with Gasteiger partial charge in [-0.3, -0.25) is 4.79 Å². The molecule has 0 spiro atoms. The highest BCUT2D eigenvalue weighted by atomic mass is 19.4. The predicted molar refractivity (Wildman–Crippen MR) is 85.4 cm³/mol. The Kier molecular flexibility index (Phi) is 6.98. The van der Waals surface area contributed by atoms with Crippen LogP contribution in [0.5, 0.6) is 0 Å². The Hall–Kier alpha value is -2.09. The molecule has 25 heavy (non-hydrogen) atoms. The third-order valence-corrected chi connectivity index (χ3v) is 2.90. The Bertz CT molecular complexity index is 591. The summed E-state index contributed by atoms with van der Waals surface area (Å²) in [6.45, 7) is 6.63. The zero-order valence-corrected chi connectivity index (χ0v) is 14.6. The summed E-state index contributed by atoms with van der Waals surface area (Å²) in [6.07, 6.45) is -5.04. The second-order valence-corrected chi connectivity index (χ2v) is 6.56. The largest absolute Gasteiger partial charge is 0.444 e. The van der Waals surface area contributed by atoms with Crippen molar-refractivity contribution in [3.63, 3.8) is 0 Å². The van der Waals surface area contributed by atoms with E-state index < -0.39 is 35.3 Å². The second-order valence-electron chi connectivity index (χ2n) is 6.56. The number of hydrogen-bond acceptors (Lipinski definition) is 4. The molecule has 1 N–H and O–H groups in total. The molecule has 0 bridgehead atoms. The maximum atomic E-state index is 12.5. The van der Waals surface area contributed by atoms with E-state index in [2.05, 4.69) is 5.32 Å². The van der Waals surface area contributed by atoms with E-state index in [1.165, 1.54) is 0 Å². The summed E-state index contributed by atoms with van der Waals surface area (Å²) < 4.78 is 47.7. The lowest BCUT2D eigenvalue weighted by Gasteiger charge is -2.21. The number of nitrogens with one attached hydrogen (secondary N) is 1. The van der Waals surface area contributed by atoms with Gasteiger partial charge >= 0.3 is 12.3 Å². The maximum absolute atomic E-state index is 12.5. The fraction of sp³-hybridized carbons (Fsp3) is 0.529. The average molecular weight is 361 g/mol. The Balaban J connectivity index is 2.40. The molecular formula is C17H22F3NO4. The molecule has 0 aliphatic rings.